The van der Waals surface area contributed by atoms with Crippen molar-refractivity contribution in [2.75, 3.05) is 38.7 Å². The molecule has 0 saturated carbocycles. The summed E-state index contributed by atoms with van der Waals surface area (Å²) in [4.78, 5) is 6.43. The molecule has 10 heteroatoms. The van der Waals surface area contributed by atoms with Crippen molar-refractivity contribution in [3.8, 4) is 21.5 Å². The smallest absolute Gasteiger partial charge is 0.236 e. The summed E-state index contributed by atoms with van der Waals surface area (Å²) in [6.45, 7) is 3.74. The van der Waals surface area contributed by atoms with Crippen molar-refractivity contribution in [3.63, 3.8) is 0 Å². The molecule has 0 spiro atoms. The maximum Gasteiger partial charge on any atom is 0.236 e. The molecule has 0 aliphatic rings. The topological polar surface area (TPSA) is 95.0 Å². The SMILES string of the molecule is CCCSc1nc(N)n(-c2nnc(-c3ccccc3OCCCN(C)C)s2)n1. The van der Waals surface area contributed by atoms with Crippen LogP contribution in [0.25, 0.3) is 15.7 Å². The number of thioether (sulfide) groups is 1. The van der Waals surface area contributed by atoms with Gasteiger partial charge in [-0.25, -0.2) is 0 Å². The number of rotatable bonds is 10. The Kier molecular flexibility index (Phi) is 7.24. The number of hydrogen-bond donors (Lipinski definition) is 1. The van der Waals surface area contributed by atoms with Crippen molar-refractivity contribution in [2.45, 2.75) is 24.9 Å². The summed E-state index contributed by atoms with van der Waals surface area (Å²) in [5.74, 6) is 2.06. The first-order chi connectivity index (χ1) is 13.6. The standard InChI is InChI=1S/C18H25N7OS2/c1-4-12-27-17-20-16(19)25(23-17)18-22-21-15(28-18)13-8-5-6-9-14(13)26-11-7-10-24(2)3/h5-6,8-9H,4,7,10-12H2,1-3H3,(H2,19,20,23). The number of ether oxygens (including phenoxy) is 1. The van der Waals surface area contributed by atoms with Crippen LogP contribution in [0.3, 0.4) is 0 Å². The molecule has 0 aliphatic heterocycles. The number of nitrogens with two attached hydrogens (primary N) is 1. The first-order valence-corrected chi connectivity index (χ1v) is 10.9. The van der Waals surface area contributed by atoms with E-state index < -0.39 is 0 Å². The van der Waals surface area contributed by atoms with Gasteiger partial charge in [0, 0.05) is 12.3 Å². The van der Waals surface area contributed by atoms with E-state index in [4.69, 9.17) is 10.5 Å². The average molecular weight is 420 g/mol. The summed E-state index contributed by atoms with van der Waals surface area (Å²) in [6.07, 6.45) is 2.00. The summed E-state index contributed by atoms with van der Waals surface area (Å²) in [5, 5.41) is 15.0. The quantitative estimate of drug-likeness (QED) is 0.395. The third kappa shape index (κ3) is 5.21. The van der Waals surface area contributed by atoms with Crippen LogP contribution in [0.1, 0.15) is 19.8 Å². The van der Waals surface area contributed by atoms with E-state index in [1.165, 1.54) is 11.3 Å². The lowest BCUT2D eigenvalue weighted by Crippen LogP contribution is -2.15. The highest BCUT2D eigenvalue weighted by Gasteiger charge is 2.16. The monoisotopic (exact) mass is 419 g/mol. The summed E-state index contributed by atoms with van der Waals surface area (Å²) < 4.78 is 7.52. The van der Waals surface area contributed by atoms with Crippen molar-refractivity contribution < 1.29 is 4.74 Å². The molecule has 0 fully saturated rings. The van der Waals surface area contributed by atoms with Crippen LogP contribution < -0.4 is 10.5 Å². The van der Waals surface area contributed by atoms with Crippen LogP contribution in [0.5, 0.6) is 5.75 Å². The van der Waals surface area contributed by atoms with Crippen molar-refractivity contribution >= 4 is 29.0 Å². The number of para-hydroxylation sites is 1. The van der Waals surface area contributed by atoms with Crippen LogP contribution in [0.2, 0.25) is 0 Å². The number of aromatic nitrogens is 5. The normalized spacial score (nSPS) is 11.3. The Morgan fingerprint density at radius 2 is 2.07 bits per heavy atom. The van der Waals surface area contributed by atoms with E-state index in [0.29, 0.717) is 22.8 Å². The number of nitrogen functional groups attached to an aromatic ring is 1. The Bertz CT molecular complexity index is 894. The Hall–Kier alpha value is -2.17. The van der Waals surface area contributed by atoms with Gasteiger partial charge in [0.2, 0.25) is 16.2 Å². The highest BCUT2D eigenvalue weighted by atomic mass is 32.2. The largest absolute Gasteiger partial charge is 0.493 e. The first-order valence-electron chi connectivity index (χ1n) is 9.14. The second-order valence-electron chi connectivity index (χ2n) is 6.40. The van der Waals surface area contributed by atoms with Crippen molar-refractivity contribution in [3.05, 3.63) is 24.3 Å². The van der Waals surface area contributed by atoms with Gasteiger partial charge in [-0.3, -0.25) is 0 Å². The number of anilines is 1. The highest BCUT2D eigenvalue weighted by Crippen LogP contribution is 2.33. The molecule has 2 heterocycles. The minimum Gasteiger partial charge on any atom is -0.493 e. The molecule has 8 nitrogen and oxygen atoms in total. The lowest BCUT2D eigenvalue weighted by Gasteiger charge is -2.12. The van der Waals surface area contributed by atoms with Crippen LogP contribution >= 0.6 is 23.1 Å². The summed E-state index contributed by atoms with van der Waals surface area (Å²) in [7, 11) is 4.11. The van der Waals surface area contributed by atoms with Gasteiger partial charge >= 0.3 is 0 Å². The lowest BCUT2D eigenvalue weighted by atomic mass is 10.2. The van der Waals surface area contributed by atoms with Gasteiger partial charge < -0.3 is 15.4 Å². The molecule has 0 saturated heterocycles. The fourth-order valence-corrected chi connectivity index (χ4v) is 3.96. The van der Waals surface area contributed by atoms with Gasteiger partial charge in [-0.05, 0) is 39.1 Å². The van der Waals surface area contributed by atoms with Crippen molar-refractivity contribution in [1.82, 2.24) is 29.9 Å². The molecule has 0 aliphatic carbocycles. The van der Waals surface area contributed by atoms with E-state index in [9.17, 15) is 0 Å². The predicted octanol–water partition coefficient (Wildman–Crippen LogP) is 3.20. The molecule has 0 radical (unpaired) electrons. The van der Waals surface area contributed by atoms with Gasteiger partial charge in [-0.15, -0.1) is 15.3 Å². The number of hydrogen-bond acceptors (Lipinski definition) is 9. The van der Waals surface area contributed by atoms with Gasteiger partial charge in [0.25, 0.3) is 0 Å². The van der Waals surface area contributed by atoms with Gasteiger partial charge in [0.15, 0.2) is 5.01 Å². The molecule has 2 N–H and O–H groups in total. The molecular weight excluding hydrogens is 394 g/mol. The zero-order valence-corrected chi connectivity index (χ0v) is 18.0. The van der Waals surface area contributed by atoms with Gasteiger partial charge in [-0.1, -0.05) is 42.2 Å². The minimum absolute atomic E-state index is 0.314. The third-order valence-corrected chi connectivity index (χ3v) is 5.74. The summed E-state index contributed by atoms with van der Waals surface area (Å²) in [5.41, 5.74) is 6.93. The zero-order valence-electron chi connectivity index (χ0n) is 16.3. The molecule has 2 aromatic heterocycles. The van der Waals surface area contributed by atoms with Crippen LogP contribution in [0, 0.1) is 0 Å². The molecule has 0 unspecified atom stereocenters. The van der Waals surface area contributed by atoms with Crippen LogP contribution in [0.15, 0.2) is 29.4 Å². The maximum absolute atomic E-state index is 6.01. The van der Waals surface area contributed by atoms with Crippen LogP contribution in [-0.2, 0) is 0 Å². The van der Waals surface area contributed by atoms with E-state index >= 15 is 0 Å². The zero-order chi connectivity index (χ0) is 19.9. The average Bonchev–Trinajstić information content (AvgIpc) is 3.30. The highest BCUT2D eigenvalue weighted by molar-refractivity contribution is 7.99. The van der Waals surface area contributed by atoms with Crippen molar-refractivity contribution in [2.24, 2.45) is 0 Å². The molecule has 0 atom stereocenters. The molecular formula is C18H25N7OS2. The summed E-state index contributed by atoms with van der Waals surface area (Å²) in [6, 6.07) is 7.86. The Morgan fingerprint density at radius 3 is 2.86 bits per heavy atom. The summed E-state index contributed by atoms with van der Waals surface area (Å²) >= 11 is 2.99. The van der Waals surface area contributed by atoms with Gasteiger partial charge in [0.05, 0.1) is 12.2 Å². The third-order valence-electron chi connectivity index (χ3n) is 3.77. The van der Waals surface area contributed by atoms with E-state index in [2.05, 4.69) is 46.2 Å². The second-order valence-corrected chi connectivity index (χ2v) is 8.42. The Balaban J connectivity index is 1.76. The molecule has 28 heavy (non-hydrogen) atoms. The van der Waals surface area contributed by atoms with E-state index in [1.54, 1.807) is 16.4 Å². The minimum atomic E-state index is 0.314. The number of nitrogens with zero attached hydrogens (tertiary/aromatic N) is 6. The Morgan fingerprint density at radius 1 is 1.25 bits per heavy atom. The second kappa shape index (κ2) is 9.85. The fourth-order valence-electron chi connectivity index (χ4n) is 2.44. The first kappa shape index (κ1) is 20.6. The molecule has 0 amide bonds. The number of benzene rings is 1. The molecule has 3 aromatic rings. The van der Waals surface area contributed by atoms with Crippen molar-refractivity contribution in [1.29, 1.82) is 0 Å². The van der Waals surface area contributed by atoms with Crippen LogP contribution in [0.4, 0.5) is 5.95 Å². The molecule has 3 rings (SSSR count). The fraction of sp³-hybridized carbons (Fsp3) is 0.444. The predicted molar refractivity (Wildman–Crippen MR) is 114 cm³/mol. The van der Waals surface area contributed by atoms with E-state index in [1.807, 2.05) is 24.3 Å². The molecule has 150 valence electrons. The molecule has 1 aromatic carbocycles. The van der Waals surface area contributed by atoms with E-state index in [-0.39, 0.29) is 0 Å². The van der Waals surface area contributed by atoms with Gasteiger partial charge in [0.1, 0.15) is 5.75 Å². The van der Waals surface area contributed by atoms with Crippen LogP contribution in [-0.4, -0.2) is 62.9 Å². The van der Waals surface area contributed by atoms with E-state index in [0.717, 1.165) is 41.5 Å². The molecule has 0 bridgehead atoms. The van der Waals surface area contributed by atoms with Gasteiger partial charge in [-0.2, -0.15) is 9.67 Å². The lowest BCUT2D eigenvalue weighted by molar-refractivity contribution is 0.282. The maximum atomic E-state index is 6.01. The Labute approximate surface area is 173 Å².